The van der Waals surface area contributed by atoms with E-state index in [-0.39, 0.29) is 11.3 Å². The smallest absolute Gasteiger partial charge is 0.329 e. The predicted octanol–water partition coefficient (Wildman–Crippen LogP) is 2.49. The van der Waals surface area contributed by atoms with Gasteiger partial charge in [-0.15, -0.1) is 0 Å². The number of nitrogens with one attached hydrogen (secondary N) is 1. The van der Waals surface area contributed by atoms with Crippen molar-refractivity contribution in [3.05, 3.63) is 75.3 Å². The van der Waals surface area contributed by atoms with Gasteiger partial charge in [-0.1, -0.05) is 12.1 Å². The number of carbonyl (C=O) groups excluding carboxylic acids is 3. The standard InChI is InChI=1S/C20H18F2N2O7/c1-30-17(25)10-15(11-3-6-13(7-4-11)24(28)29)18(20(27)31-2)23-19(26)14-8-5-12(21)9-16(14)22/h3-9,15,18H,10H2,1-2H3,(H,23,26)/t15-,18+/m1/s1. The van der Waals surface area contributed by atoms with Gasteiger partial charge in [0.2, 0.25) is 0 Å². The molecule has 0 aliphatic carbocycles. The number of nitrogens with zero attached hydrogens (tertiary/aromatic N) is 1. The molecule has 2 rings (SSSR count). The number of non-ortho nitro benzene ring substituents is 1. The van der Waals surface area contributed by atoms with Crippen molar-refractivity contribution < 1.29 is 37.6 Å². The maximum atomic E-state index is 14.0. The van der Waals surface area contributed by atoms with Crippen LogP contribution in [0, 0.1) is 21.7 Å². The Bertz CT molecular complexity index is 996. The molecule has 0 bridgehead atoms. The van der Waals surface area contributed by atoms with E-state index in [1.165, 1.54) is 12.1 Å². The summed E-state index contributed by atoms with van der Waals surface area (Å²) in [5, 5.41) is 13.2. The van der Waals surface area contributed by atoms with Gasteiger partial charge in [0, 0.05) is 24.1 Å². The Balaban J connectivity index is 2.44. The average molecular weight is 436 g/mol. The summed E-state index contributed by atoms with van der Waals surface area (Å²) in [4.78, 5) is 47.2. The lowest BCUT2D eigenvalue weighted by Gasteiger charge is -2.26. The molecule has 0 saturated heterocycles. The lowest BCUT2D eigenvalue weighted by atomic mass is 9.88. The molecule has 2 aromatic carbocycles. The molecule has 0 aliphatic heterocycles. The number of nitro benzene ring substituents is 1. The number of amides is 1. The fourth-order valence-electron chi connectivity index (χ4n) is 2.88. The Morgan fingerprint density at radius 1 is 1.06 bits per heavy atom. The number of esters is 2. The van der Waals surface area contributed by atoms with Gasteiger partial charge < -0.3 is 14.8 Å². The Morgan fingerprint density at radius 3 is 2.23 bits per heavy atom. The second-order valence-electron chi connectivity index (χ2n) is 6.33. The molecule has 0 spiro atoms. The van der Waals surface area contributed by atoms with Crippen LogP contribution in [0.5, 0.6) is 0 Å². The quantitative estimate of drug-likeness (QED) is 0.383. The van der Waals surface area contributed by atoms with Crippen LogP contribution in [0.3, 0.4) is 0 Å². The number of carbonyl (C=O) groups is 3. The van der Waals surface area contributed by atoms with E-state index in [1.807, 2.05) is 0 Å². The topological polar surface area (TPSA) is 125 Å². The molecule has 0 saturated carbocycles. The first kappa shape index (κ1) is 23.4. The number of hydrogen-bond donors (Lipinski definition) is 1. The van der Waals surface area contributed by atoms with Crippen molar-refractivity contribution in [1.82, 2.24) is 5.32 Å². The van der Waals surface area contributed by atoms with Gasteiger partial charge >= 0.3 is 11.9 Å². The maximum absolute atomic E-state index is 14.0. The molecule has 31 heavy (non-hydrogen) atoms. The molecule has 0 aliphatic rings. The minimum atomic E-state index is -1.48. The van der Waals surface area contributed by atoms with Crippen LogP contribution in [0.2, 0.25) is 0 Å². The van der Waals surface area contributed by atoms with Crippen LogP contribution in [-0.4, -0.2) is 43.0 Å². The molecule has 1 N–H and O–H groups in total. The van der Waals surface area contributed by atoms with Gasteiger partial charge in [-0.05, 0) is 17.7 Å². The summed E-state index contributed by atoms with van der Waals surface area (Å²) in [6.45, 7) is 0. The maximum Gasteiger partial charge on any atom is 0.329 e. The highest BCUT2D eigenvalue weighted by Gasteiger charge is 2.35. The number of benzene rings is 2. The van der Waals surface area contributed by atoms with E-state index in [9.17, 15) is 33.3 Å². The molecule has 0 unspecified atom stereocenters. The average Bonchev–Trinajstić information content (AvgIpc) is 2.75. The summed E-state index contributed by atoms with van der Waals surface area (Å²) in [7, 11) is 2.17. The number of methoxy groups -OCH3 is 2. The predicted molar refractivity (Wildman–Crippen MR) is 102 cm³/mol. The Kier molecular flexibility index (Phi) is 7.72. The molecule has 164 valence electrons. The van der Waals surface area contributed by atoms with Crippen molar-refractivity contribution in [3.63, 3.8) is 0 Å². The number of halogens is 2. The molecule has 11 heteroatoms. The van der Waals surface area contributed by atoms with Gasteiger partial charge in [-0.3, -0.25) is 19.7 Å². The lowest BCUT2D eigenvalue weighted by Crippen LogP contribution is -2.46. The number of hydrogen-bond acceptors (Lipinski definition) is 7. The van der Waals surface area contributed by atoms with Crippen LogP contribution >= 0.6 is 0 Å². The number of nitro groups is 1. The van der Waals surface area contributed by atoms with Gasteiger partial charge in [0.1, 0.15) is 17.7 Å². The lowest BCUT2D eigenvalue weighted by molar-refractivity contribution is -0.384. The van der Waals surface area contributed by atoms with Crippen LogP contribution in [0.15, 0.2) is 42.5 Å². The Labute approximate surface area is 175 Å². The van der Waals surface area contributed by atoms with Crippen LogP contribution in [0.1, 0.15) is 28.3 Å². The van der Waals surface area contributed by atoms with Gasteiger partial charge in [-0.25, -0.2) is 13.6 Å². The Hall–Kier alpha value is -3.89. The van der Waals surface area contributed by atoms with Gasteiger partial charge in [0.15, 0.2) is 0 Å². The fourth-order valence-corrected chi connectivity index (χ4v) is 2.88. The van der Waals surface area contributed by atoms with Crippen LogP contribution < -0.4 is 5.32 Å². The molecular weight excluding hydrogens is 418 g/mol. The van der Waals surface area contributed by atoms with Crippen molar-refractivity contribution in [1.29, 1.82) is 0 Å². The minimum Gasteiger partial charge on any atom is -0.469 e. The molecule has 0 fully saturated rings. The minimum absolute atomic E-state index is 0.229. The third-order valence-electron chi connectivity index (χ3n) is 4.47. The first-order valence-electron chi connectivity index (χ1n) is 8.82. The van der Waals surface area contributed by atoms with Gasteiger partial charge in [-0.2, -0.15) is 0 Å². The monoisotopic (exact) mass is 436 g/mol. The third-order valence-corrected chi connectivity index (χ3v) is 4.47. The first-order valence-corrected chi connectivity index (χ1v) is 8.82. The highest BCUT2D eigenvalue weighted by molar-refractivity contribution is 5.97. The van der Waals surface area contributed by atoms with Gasteiger partial charge in [0.25, 0.3) is 11.6 Å². The summed E-state index contributed by atoms with van der Waals surface area (Å²) >= 11 is 0. The third kappa shape index (κ3) is 5.81. The van der Waals surface area contributed by atoms with Crippen molar-refractivity contribution in [2.24, 2.45) is 0 Å². The zero-order chi connectivity index (χ0) is 23.1. The van der Waals surface area contributed by atoms with E-state index in [4.69, 9.17) is 4.74 Å². The van der Waals surface area contributed by atoms with Crippen LogP contribution in [0.4, 0.5) is 14.5 Å². The van der Waals surface area contributed by atoms with Crippen LogP contribution in [0.25, 0.3) is 0 Å². The van der Waals surface area contributed by atoms with Crippen molar-refractivity contribution in [3.8, 4) is 0 Å². The second-order valence-corrected chi connectivity index (χ2v) is 6.33. The summed E-state index contributed by atoms with van der Waals surface area (Å²) in [5.41, 5.74) is -0.477. The summed E-state index contributed by atoms with van der Waals surface area (Å²) in [6.07, 6.45) is -0.403. The molecule has 1 amide bonds. The SMILES string of the molecule is COC(=O)C[C@H](c1ccc([N+](=O)[O-])cc1)[C@H](NC(=O)c1ccc(F)cc1F)C(=O)OC. The van der Waals surface area contributed by atoms with E-state index in [1.54, 1.807) is 0 Å². The number of rotatable bonds is 8. The van der Waals surface area contributed by atoms with E-state index >= 15 is 0 Å². The van der Waals surface area contributed by atoms with Crippen LogP contribution in [-0.2, 0) is 19.1 Å². The summed E-state index contributed by atoms with van der Waals surface area (Å²) < 4.78 is 36.5. The fraction of sp³-hybridized carbons (Fsp3) is 0.250. The zero-order valence-electron chi connectivity index (χ0n) is 16.5. The molecule has 2 atom stereocenters. The summed E-state index contributed by atoms with van der Waals surface area (Å²) in [6, 6.07) is 5.74. The van der Waals surface area contributed by atoms with E-state index < -0.39 is 58.3 Å². The largest absolute Gasteiger partial charge is 0.469 e. The highest BCUT2D eigenvalue weighted by Crippen LogP contribution is 2.27. The highest BCUT2D eigenvalue weighted by atomic mass is 19.1. The Morgan fingerprint density at radius 2 is 1.71 bits per heavy atom. The number of ether oxygens (including phenoxy) is 2. The molecule has 9 nitrogen and oxygen atoms in total. The molecule has 0 heterocycles. The molecular formula is C20H18F2N2O7. The van der Waals surface area contributed by atoms with Crippen molar-refractivity contribution in [2.45, 2.75) is 18.4 Å². The van der Waals surface area contributed by atoms with Crippen molar-refractivity contribution in [2.75, 3.05) is 14.2 Å². The molecule has 0 radical (unpaired) electrons. The molecule has 0 aromatic heterocycles. The van der Waals surface area contributed by atoms with E-state index in [0.717, 1.165) is 38.5 Å². The van der Waals surface area contributed by atoms with E-state index in [0.29, 0.717) is 6.07 Å². The van der Waals surface area contributed by atoms with Gasteiger partial charge in [0.05, 0.1) is 31.1 Å². The normalized spacial score (nSPS) is 12.4. The van der Waals surface area contributed by atoms with E-state index in [2.05, 4.69) is 10.1 Å². The molecule has 2 aromatic rings. The zero-order valence-corrected chi connectivity index (χ0v) is 16.5. The summed E-state index contributed by atoms with van der Waals surface area (Å²) in [5.74, 6) is -5.85. The first-order chi connectivity index (χ1) is 14.7. The van der Waals surface area contributed by atoms with Crippen molar-refractivity contribution >= 4 is 23.5 Å². The second kappa shape index (κ2) is 10.2.